The Labute approximate surface area is 131 Å². The second-order valence-electron chi connectivity index (χ2n) is 5.19. The van der Waals surface area contributed by atoms with Crippen molar-refractivity contribution in [1.82, 2.24) is 24.8 Å². The highest BCUT2D eigenvalue weighted by molar-refractivity contribution is 5.56. The molecule has 112 valence electrons. The number of hydrogen-bond donors (Lipinski definition) is 1. The number of hydrogen-bond acceptors (Lipinski definition) is 4. The van der Waals surface area contributed by atoms with Crippen molar-refractivity contribution in [2.45, 2.75) is 6.42 Å². The number of fused-ring (bicyclic) bond motifs is 1. The monoisotopic (exact) mass is 303 g/mol. The van der Waals surface area contributed by atoms with E-state index in [1.807, 2.05) is 60.7 Å². The van der Waals surface area contributed by atoms with Crippen LogP contribution in [0.15, 0.2) is 65.5 Å². The molecule has 2 heterocycles. The normalized spacial score (nSPS) is 11.0. The van der Waals surface area contributed by atoms with E-state index in [1.54, 1.807) is 4.52 Å². The molecule has 0 aliphatic heterocycles. The van der Waals surface area contributed by atoms with Crippen LogP contribution >= 0.6 is 0 Å². The molecule has 0 saturated heterocycles. The second-order valence-corrected chi connectivity index (χ2v) is 5.19. The SMILES string of the molecule is O=c1[nH]c2nnc(-c3ccccc3)n2nc1Cc1ccccc1. The van der Waals surface area contributed by atoms with Gasteiger partial charge in [0.25, 0.3) is 11.3 Å². The molecule has 0 fully saturated rings. The van der Waals surface area contributed by atoms with Crippen LogP contribution in [0.4, 0.5) is 0 Å². The minimum atomic E-state index is -0.242. The minimum Gasteiger partial charge on any atom is -0.288 e. The van der Waals surface area contributed by atoms with E-state index in [-0.39, 0.29) is 5.56 Å². The first-order chi connectivity index (χ1) is 11.3. The average Bonchev–Trinajstić information content (AvgIpc) is 2.99. The zero-order valence-electron chi connectivity index (χ0n) is 12.2. The third-order valence-electron chi connectivity index (χ3n) is 3.60. The second kappa shape index (κ2) is 5.49. The number of aromatic amines is 1. The Morgan fingerprint density at radius 3 is 2.35 bits per heavy atom. The van der Waals surface area contributed by atoms with E-state index < -0.39 is 0 Å². The van der Waals surface area contributed by atoms with Crippen LogP contribution in [-0.4, -0.2) is 24.8 Å². The van der Waals surface area contributed by atoms with Gasteiger partial charge in [0.1, 0.15) is 5.69 Å². The number of nitrogens with one attached hydrogen (secondary N) is 1. The summed E-state index contributed by atoms with van der Waals surface area (Å²) in [4.78, 5) is 14.9. The molecule has 0 radical (unpaired) electrons. The number of nitrogens with zero attached hydrogens (tertiary/aromatic N) is 4. The molecule has 1 N–H and O–H groups in total. The molecule has 0 unspecified atom stereocenters. The van der Waals surface area contributed by atoms with E-state index in [2.05, 4.69) is 20.3 Å². The van der Waals surface area contributed by atoms with Gasteiger partial charge in [-0.2, -0.15) is 9.61 Å². The summed E-state index contributed by atoms with van der Waals surface area (Å²) in [7, 11) is 0. The van der Waals surface area contributed by atoms with Crippen molar-refractivity contribution in [2.24, 2.45) is 0 Å². The lowest BCUT2D eigenvalue weighted by Crippen LogP contribution is -2.19. The van der Waals surface area contributed by atoms with Crippen LogP contribution in [0.2, 0.25) is 0 Å². The summed E-state index contributed by atoms with van der Waals surface area (Å²) in [6.45, 7) is 0. The highest BCUT2D eigenvalue weighted by Gasteiger charge is 2.12. The first-order valence-corrected chi connectivity index (χ1v) is 7.25. The quantitative estimate of drug-likeness (QED) is 0.628. The van der Waals surface area contributed by atoms with E-state index in [4.69, 9.17) is 0 Å². The molecule has 6 nitrogen and oxygen atoms in total. The molecule has 0 aliphatic rings. The Bertz CT molecular complexity index is 1010. The van der Waals surface area contributed by atoms with Crippen LogP contribution in [0.25, 0.3) is 17.2 Å². The molecule has 0 saturated carbocycles. The largest absolute Gasteiger partial charge is 0.288 e. The Hall–Kier alpha value is -3.28. The molecular formula is C17H13N5O. The molecule has 4 aromatic rings. The fourth-order valence-corrected chi connectivity index (χ4v) is 2.46. The summed E-state index contributed by atoms with van der Waals surface area (Å²) in [5, 5.41) is 12.6. The lowest BCUT2D eigenvalue weighted by molar-refractivity contribution is 0.829. The molecule has 2 aromatic heterocycles. The van der Waals surface area contributed by atoms with Gasteiger partial charge >= 0.3 is 0 Å². The summed E-state index contributed by atoms with van der Waals surface area (Å²) in [5.41, 5.74) is 2.11. The smallest absolute Gasteiger partial charge is 0.274 e. The number of H-pyrrole nitrogens is 1. The summed E-state index contributed by atoms with van der Waals surface area (Å²) in [5.74, 6) is 0.942. The van der Waals surface area contributed by atoms with Crippen LogP contribution in [-0.2, 0) is 6.42 Å². The van der Waals surface area contributed by atoms with Crippen LogP contribution in [0.1, 0.15) is 11.3 Å². The van der Waals surface area contributed by atoms with E-state index in [0.29, 0.717) is 23.7 Å². The Morgan fingerprint density at radius 1 is 0.913 bits per heavy atom. The van der Waals surface area contributed by atoms with Gasteiger partial charge in [0.15, 0.2) is 5.82 Å². The molecule has 0 aliphatic carbocycles. The van der Waals surface area contributed by atoms with Crippen molar-refractivity contribution in [3.8, 4) is 11.4 Å². The topological polar surface area (TPSA) is 75.9 Å². The summed E-state index contributed by atoms with van der Waals surface area (Å²) in [6.07, 6.45) is 0.457. The molecule has 23 heavy (non-hydrogen) atoms. The van der Waals surface area contributed by atoms with Gasteiger partial charge in [-0.15, -0.1) is 10.2 Å². The van der Waals surface area contributed by atoms with Crippen LogP contribution in [0.3, 0.4) is 0 Å². The summed E-state index contributed by atoms with van der Waals surface area (Å²) < 4.78 is 1.58. The summed E-state index contributed by atoms with van der Waals surface area (Å²) in [6, 6.07) is 19.4. The van der Waals surface area contributed by atoms with Gasteiger partial charge in [-0.05, 0) is 5.56 Å². The van der Waals surface area contributed by atoms with Gasteiger partial charge in [0.05, 0.1) is 0 Å². The third-order valence-corrected chi connectivity index (χ3v) is 3.60. The summed E-state index contributed by atoms with van der Waals surface area (Å²) >= 11 is 0. The highest BCUT2D eigenvalue weighted by Crippen LogP contribution is 2.15. The van der Waals surface area contributed by atoms with Gasteiger partial charge in [-0.1, -0.05) is 60.7 Å². The van der Waals surface area contributed by atoms with Gasteiger partial charge in [0.2, 0.25) is 0 Å². The number of rotatable bonds is 3. The van der Waals surface area contributed by atoms with Crippen LogP contribution < -0.4 is 5.56 Å². The van der Waals surface area contributed by atoms with Gasteiger partial charge in [0, 0.05) is 12.0 Å². The average molecular weight is 303 g/mol. The standard InChI is InChI=1S/C17H13N5O/c23-16-14(11-12-7-3-1-4-8-12)21-22-15(19-20-17(22)18-16)13-9-5-2-6-10-13/h1-10H,11H2,(H,18,20,23). The maximum atomic E-state index is 12.2. The van der Waals surface area contributed by atoms with Crippen molar-refractivity contribution in [1.29, 1.82) is 0 Å². The van der Waals surface area contributed by atoms with E-state index in [1.165, 1.54) is 0 Å². The zero-order chi connectivity index (χ0) is 15.6. The van der Waals surface area contributed by atoms with E-state index >= 15 is 0 Å². The lowest BCUT2D eigenvalue weighted by Gasteiger charge is -2.03. The molecule has 4 rings (SSSR count). The van der Waals surface area contributed by atoms with Gasteiger partial charge < -0.3 is 0 Å². The Morgan fingerprint density at radius 2 is 1.61 bits per heavy atom. The van der Waals surface area contributed by atoms with E-state index in [0.717, 1.165) is 11.1 Å². The number of benzene rings is 2. The molecule has 0 bridgehead atoms. The third kappa shape index (κ3) is 2.50. The molecule has 0 amide bonds. The van der Waals surface area contributed by atoms with Gasteiger partial charge in [-0.25, -0.2) is 0 Å². The van der Waals surface area contributed by atoms with Crippen LogP contribution in [0.5, 0.6) is 0 Å². The zero-order valence-corrected chi connectivity index (χ0v) is 12.2. The van der Waals surface area contributed by atoms with E-state index in [9.17, 15) is 4.79 Å². The Balaban J connectivity index is 1.84. The van der Waals surface area contributed by atoms with Crippen LogP contribution in [0, 0.1) is 0 Å². The first-order valence-electron chi connectivity index (χ1n) is 7.25. The predicted molar refractivity (Wildman–Crippen MR) is 86.1 cm³/mol. The van der Waals surface area contributed by atoms with Crippen molar-refractivity contribution in [3.63, 3.8) is 0 Å². The van der Waals surface area contributed by atoms with Crippen molar-refractivity contribution in [2.75, 3.05) is 0 Å². The fourth-order valence-electron chi connectivity index (χ4n) is 2.46. The van der Waals surface area contributed by atoms with Gasteiger partial charge in [-0.3, -0.25) is 9.78 Å². The molecule has 0 atom stereocenters. The van der Waals surface area contributed by atoms with Crippen molar-refractivity contribution in [3.05, 3.63) is 82.3 Å². The first kappa shape index (κ1) is 13.4. The van der Waals surface area contributed by atoms with Crippen molar-refractivity contribution < 1.29 is 0 Å². The number of aromatic nitrogens is 5. The minimum absolute atomic E-state index is 0.242. The maximum absolute atomic E-state index is 12.2. The molecular weight excluding hydrogens is 290 g/mol. The molecule has 6 heteroatoms. The predicted octanol–water partition coefficient (Wildman–Crippen LogP) is 2.07. The molecule has 2 aromatic carbocycles. The Kier molecular flexibility index (Phi) is 3.20. The van der Waals surface area contributed by atoms with Crippen molar-refractivity contribution >= 4 is 5.78 Å². The lowest BCUT2D eigenvalue weighted by atomic mass is 10.1. The highest BCUT2D eigenvalue weighted by atomic mass is 16.1. The molecule has 0 spiro atoms. The maximum Gasteiger partial charge on any atom is 0.274 e. The fraction of sp³-hybridized carbons (Fsp3) is 0.0588.